The van der Waals surface area contributed by atoms with E-state index in [0.717, 1.165) is 19.3 Å². The Morgan fingerprint density at radius 2 is 1.67 bits per heavy atom. The van der Waals surface area contributed by atoms with E-state index in [1.807, 2.05) is 0 Å². The minimum Gasteiger partial charge on any atom is -0.390 e. The molecule has 3 aliphatic carbocycles. The lowest BCUT2D eigenvalue weighted by molar-refractivity contribution is -0.0882. The van der Waals surface area contributed by atoms with Gasteiger partial charge in [0, 0.05) is 0 Å². The zero-order valence-electron chi connectivity index (χ0n) is 9.36. The Morgan fingerprint density at radius 3 is 2.47 bits per heavy atom. The van der Waals surface area contributed by atoms with Gasteiger partial charge in [-0.15, -0.1) is 0 Å². The first kappa shape index (κ1) is 10.1. The molecule has 0 saturated heterocycles. The molecule has 0 aromatic heterocycles. The minimum absolute atomic E-state index is 0.397. The van der Waals surface area contributed by atoms with Crippen LogP contribution in [0.5, 0.6) is 0 Å². The molecule has 5 atom stereocenters. The van der Waals surface area contributed by atoms with Crippen molar-refractivity contribution >= 4 is 0 Å². The predicted octanol–water partition coefficient (Wildman–Crippen LogP) is 2.09. The maximum Gasteiger partial charge on any atom is 0.0913 e. The van der Waals surface area contributed by atoms with Crippen LogP contribution in [0.25, 0.3) is 0 Å². The van der Waals surface area contributed by atoms with Crippen molar-refractivity contribution in [3.8, 4) is 0 Å². The summed E-state index contributed by atoms with van der Waals surface area (Å²) in [4.78, 5) is 0. The SMILES string of the molecule is O[C@@H]1[C@H]2CCCC3CCC[C@H]2C[C@@]1(O)C3. The fourth-order valence-electron chi connectivity index (χ4n) is 4.46. The standard InChI is InChI=1S/C13H22O2/c14-12-11-6-2-4-9-3-1-5-10(11)8-13(12,15)7-9/h9-12,14-15H,1-8H2/t9?,10-,11-,12+,13-/m0/s1. The second kappa shape index (κ2) is 3.46. The number of aliphatic hydroxyl groups excluding tert-OH is 1. The molecule has 0 amide bonds. The molecule has 3 rings (SSSR count). The normalized spacial score (nSPS) is 54.8. The molecular formula is C13H22O2. The van der Waals surface area contributed by atoms with Crippen LogP contribution in [0.3, 0.4) is 0 Å². The first-order chi connectivity index (χ1) is 7.19. The van der Waals surface area contributed by atoms with Crippen LogP contribution >= 0.6 is 0 Å². The highest BCUT2D eigenvalue weighted by Gasteiger charge is 2.53. The molecule has 0 aliphatic heterocycles. The van der Waals surface area contributed by atoms with Gasteiger partial charge in [-0.2, -0.15) is 0 Å². The second-order valence-corrected chi connectivity index (χ2v) is 6.11. The third kappa shape index (κ3) is 1.53. The summed E-state index contributed by atoms with van der Waals surface area (Å²) < 4.78 is 0. The van der Waals surface area contributed by atoms with Gasteiger partial charge in [-0.1, -0.05) is 25.7 Å². The molecule has 3 fully saturated rings. The van der Waals surface area contributed by atoms with E-state index in [-0.39, 0.29) is 0 Å². The van der Waals surface area contributed by atoms with Crippen LogP contribution in [0.2, 0.25) is 0 Å². The van der Waals surface area contributed by atoms with Gasteiger partial charge in [-0.3, -0.25) is 0 Å². The molecule has 86 valence electrons. The molecule has 2 nitrogen and oxygen atoms in total. The molecule has 0 aromatic carbocycles. The van der Waals surface area contributed by atoms with Crippen LogP contribution < -0.4 is 0 Å². The van der Waals surface area contributed by atoms with Crippen molar-refractivity contribution in [1.82, 2.24) is 0 Å². The highest BCUT2D eigenvalue weighted by atomic mass is 16.3. The van der Waals surface area contributed by atoms with E-state index in [2.05, 4.69) is 0 Å². The molecule has 1 unspecified atom stereocenters. The first-order valence-electron chi connectivity index (χ1n) is 6.59. The van der Waals surface area contributed by atoms with Gasteiger partial charge in [0.15, 0.2) is 0 Å². The number of rotatable bonds is 0. The Morgan fingerprint density at radius 1 is 0.933 bits per heavy atom. The molecule has 15 heavy (non-hydrogen) atoms. The average Bonchev–Trinajstić information content (AvgIpc) is 2.47. The summed E-state index contributed by atoms with van der Waals surface area (Å²) in [7, 11) is 0. The fourth-order valence-corrected chi connectivity index (χ4v) is 4.46. The lowest BCUT2D eigenvalue weighted by Gasteiger charge is -2.34. The maximum atomic E-state index is 10.6. The molecule has 0 spiro atoms. The molecule has 3 aliphatic rings. The van der Waals surface area contributed by atoms with Crippen molar-refractivity contribution in [2.75, 3.05) is 0 Å². The second-order valence-electron chi connectivity index (χ2n) is 6.11. The zero-order chi connectivity index (χ0) is 10.5. The molecule has 2 N–H and O–H groups in total. The monoisotopic (exact) mass is 210 g/mol. The summed E-state index contributed by atoms with van der Waals surface area (Å²) in [6.45, 7) is 0. The predicted molar refractivity (Wildman–Crippen MR) is 58.4 cm³/mol. The van der Waals surface area contributed by atoms with Gasteiger partial charge in [0.1, 0.15) is 0 Å². The van der Waals surface area contributed by atoms with Crippen LogP contribution in [-0.4, -0.2) is 21.9 Å². The number of hydrogen-bond donors (Lipinski definition) is 2. The van der Waals surface area contributed by atoms with E-state index in [1.165, 1.54) is 32.1 Å². The highest BCUT2D eigenvalue weighted by molar-refractivity contribution is 5.04. The molecule has 0 aromatic rings. The fraction of sp³-hybridized carbons (Fsp3) is 1.00. The summed E-state index contributed by atoms with van der Waals surface area (Å²) >= 11 is 0. The van der Waals surface area contributed by atoms with Gasteiger partial charge >= 0.3 is 0 Å². The maximum absolute atomic E-state index is 10.6. The van der Waals surface area contributed by atoms with Crippen LogP contribution in [0.15, 0.2) is 0 Å². The molecule has 0 radical (unpaired) electrons. The van der Waals surface area contributed by atoms with Gasteiger partial charge in [-0.05, 0) is 43.4 Å². The van der Waals surface area contributed by atoms with E-state index in [0.29, 0.717) is 17.8 Å². The smallest absolute Gasteiger partial charge is 0.0913 e. The van der Waals surface area contributed by atoms with Crippen LogP contribution in [0.4, 0.5) is 0 Å². The Balaban J connectivity index is 1.95. The van der Waals surface area contributed by atoms with Crippen LogP contribution in [0, 0.1) is 17.8 Å². The molecule has 0 heterocycles. The largest absolute Gasteiger partial charge is 0.390 e. The Labute approximate surface area is 91.7 Å². The highest BCUT2D eigenvalue weighted by Crippen LogP contribution is 2.51. The Kier molecular flexibility index (Phi) is 2.33. The van der Waals surface area contributed by atoms with Crippen molar-refractivity contribution in [3.63, 3.8) is 0 Å². The Hall–Kier alpha value is -0.0800. The third-order valence-corrected chi connectivity index (χ3v) is 5.16. The van der Waals surface area contributed by atoms with Gasteiger partial charge in [0.2, 0.25) is 0 Å². The summed E-state index contributed by atoms with van der Waals surface area (Å²) in [6, 6.07) is 0. The van der Waals surface area contributed by atoms with Gasteiger partial charge in [-0.25, -0.2) is 0 Å². The molecule has 4 bridgehead atoms. The van der Waals surface area contributed by atoms with Crippen molar-refractivity contribution < 1.29 is 10.2 Å². The van der Waals surface area contributed by atoms with Crippen molar-refractivity contribution in [3.05, 3.63) is 0 Å². The zero-order valence-corrected chi connectivity index (χ0v) is 9.36. The average molecular weight is 210 g/mol. The number of aliphatic hydroxyl groups is 2. The van der Waals surface area contributed by atoms with Crippen LogP contribution in [-0.2, 0) is 0 Å². The Bertz CT molecular complexity index is 251. The third-order valence-electron chi connectivity index (χ3n) is 5.16. The van der Waals surface area contributed by atoms with Crippen molar-refractivity contribution in [1.29, 1.82) is 0 Å². The van der Waals surface area contributed by atoms with E-state index in [1.54, 1.807) is 0 Å². The van der Waals surface area contributed by atoms with Gasteiger partial charge < -0.3 is 10.2 Å². The van der Waals surface area contributed by atoms with Crippen LogP contribution in [0.1, 0.15) is 51.4 Å². The van der Waals surface area contributed by atoms with E-state index < -0.39 is 11.7 Å². The minimum atomic E-state index is -0.721. The summed E-state index contributed by atoms with van der Waals surface area (Å²) in [6.07, 6.45) is 8.81. The molecule has 3 saturated carbocycles. The van der Waals surface area contributed by atoms with Gasteiger partial charge in [0.25, 0.3) is 0 Å². The number of fused-ring (bicyclic) bond motifs is 4. The van der Waals surface area contributed by atoms with E-state index in [9.17, 15) is 10.2 Å². The number of hydrogen-bond acceptors (Lipinski definition) is 2. The molecular weight excluding hydrogens is 188 g/mol. The van der Waals surface area contributed by atoms with Crippen molar-refractivity contribution in [2.24, 2.45) is 17.8 Å². The molecule has 2 heteroatoms. The van der Waals surface area contributed by atoms with E-state index in [4.69, 9.17) is 0 Å². The quantitative estimate of drug-likeness (QED) is 0.642. The first-order valence-corrected chi connectivity index (χ1v) is 6.59. The lowest BCUT2D eigenvalue weighted by atomic mass is 9.79. The van der Waals surface area contributed by atoms with Crippen molar-refractivity contribution in [2.45, 2.75) is 63.1 Å². The summed E-state index contributed by atoms with van der Waals surface area (Å²) in [5.74, 6) is 1.67. The topological polar surface area (TPSA) is 40.5 Å². The summed E-state index contributed by atoms with van der Waals surface area (Å²) in [5, 5.41) is 20.8. The van der Waals surface area contributed by atoms with E-state index >= 15 is 0 Å². The lowest BCUT2D eigenvalue weighted by Crippen LogP contribution is -2.42. The summed E-state index contributed by atoms with van der Waals surface area (Å²) in [5.41, 5.74) is -0.721. The van der Waals surface area contributed by atoms with Gasteiger partial charge in [0.05, 0.1) is 11.7 Å².